The summed E-state index contributed by atoms with van der Waals surface area (Å²) >= 11 is 0. The van der Waals surface area contributed by atoms with Crippen LogP contribution in [0.3, 0.4) is 0 Å². The van der Waals surface area contributed by atoms with Crippen LogP contribution in [-0.2, 0) is 4.74 Å². The lowest BCUT2D eigenvalue weighted by Crippen LogP contribution is -2.12. The number of anilines is 2. The molecule has 1 rings (SSSR count). The number of hydrogen-bond acceptors (Lipinski definition) is 6. The molecule has 0 radical (unpaired) electrons. The molecule has 112 valence electrons. The van der Waals surface area contributed by atoms with E-state index < -0.39 is 4.92 Å². The largest absolute Gasteiger partial charge is 0.380 e. The fourth-order valence-electron chi connectivity index (χ4n) is 1.58. The quantitative estimate of drug-likeness (QED) is 0.389. The number of pyridine rings is 1. The van der Waals surface area contributed by atoms with Crippen molar-refractivity contribution in [3.05, 3.63) is 22.2 Å². The highest BCUT2D eigenvalue weighted by atomic mass is 16.6. The Labute approximate surface area is 118 Å². The van der Waals surface area contributed by atoms with Crippen LogP contribution in [0.2, 0.25) is 0 Å². The topological polar surface area (TPSA) is 89.3 Å². The molecule has 0 fully saturated rings. The number of nitro groups is 1. The summed E-state index contributed by atoms with van der Waals surface area (Å²) in [5.74, 6) is 0.977. The average molecular weight is 282 g/mol. The van der Waals surface area contributed by atoms with Crippen molar-refractivity contribution >= 4 is 17.3 Å². The molecule has 0 amide bonds. The molecule has 1 aromatic heterocycles. The Morgan fingerprint density at radius 2 is 1.95 bits per heavy atom. The highest BCUT2D eigenvalue weighted by molar-refractivity contribution is 5.54. The molecule has 2 N–H and O–H groups in total. The van der Waals surface area contributed by atoms with Gasteiger partial charge in [0.25, 0.3) is 5.69 Å². The van der Waals surface area contributed by atoms with Gasteiger partial charge in [-0.05, 0) is 13.3 Å². The van der Waals surface area contributed by atoms with Crippen LogP contribution in [0.5, 0.6) is 0 Å². The van der Waals surface area contributed by atoms with Gasteiger partial charge in [0.1, 0.15) is 11.6 Å². The van der Waals surface area contributed by atoms with E-state index in [1.165, 1.54) is 12.1 Å². The van der Waals surface area contributed by atoms with Gasteiger partial charge in [0, 0.05) is 19.7 Å². The standard InChI is InChI=1S/C13H22N4O3/c1-3-5-7-20-8-6-15-13-10-11(17(18)19)9-12(16-13)14-4-2/h9-10H,3-8H2,1-2H3,(H2,14,15,16). The average Bonchev–Trinajstić information content (AvgIpc) is 2.43. The molecule has 1 aromatic rings. The maximum atomic E-state index is 10.9. The maximum Gasteiger partial charge on any atom is 0.276 e. The Morgan fingerprint density at radius 3 is 2.55 bits per heavy atom. The summed E-state index contributed by atoms with van der Waals surface area (Å²) in [7, 11) is 0. The van der Waals surface area contributed by atoms with Crippen molar-refractivity contribution in [2.75, 3.05) is 36.9 Å². The summed E-state index contributed by atoms with van der Waals surface area (Å²) in [6.07, 6.45) is 2.14. The Hall–Kier alpha value is -1.89. The third-order valence-corrected chi connectivity index (χ3v) is 2.57. The van der Waals surface area contributed by atoms with Crippen LogP contribution in [0.25, 0.3) is 0 Å². The molecule has 0 bridgehead atoms. The SMILES string of the molecule is CCCCOCCNc1cc([N+](=O)[O-])cc(NCC)n1. The van der Waals surface area contributed by atoms with Crippen LogP contribution in [0, 0.1) is 10.1 Å². The first-order valence-corrected chi connectivity index (χ1v) is 6.89. The lowest BCUT2D eigenvalue weighted by molar-refractivity contribution is -0.384. The molecule has 0 saturated carbocycles. The van der Waals surface area contributed by atoms with Crippen molar-refractivity contribution in [1.29, 1.82) is 0 Å². The first-order valence-electron chi connectivity index (χ1n) is 6.89. The predicted octanol–water partition coefficient (Wildman–Crippen LogP) is 2.65. The highest BCUT2D eigenvalue weighted by Gasteiger charge is 2.10. The fraction of sp³-hybridized carbons (Fsp3) is 0.615. The van der Waals surface area contributed by atoms with E-state index in [1.54, 1.807) is 0 Å². The Kier molecular flexibility index (Phi) is 7.34. The van der Waals surface area contributed by atoms with Crippen molar-refractivity contribution in [3.63, 3.8) is 0 Å². The zero-order valence-electron chi connectivity index (χ0n) is 12.0. The van der Waals surface area contributed by atoms with Gasteiger partial charge in [-0.15, -0.1) is 0 Å². The smallest absolute Gasteiger partial charge is 0.276 e. The van der Waals surface area contributed by atoms with Crippen LogP contribution >= 0.6 is 0 Å². The Bertz CT molecular complexity index is 426. The van der Waals surface area contributed by atoms with E-state index in [9.17, 15) is 10.1 Å². The Balaban J connectivity index is 2.53. The first kappa shape index (κ1) is 16.2. The van der Waals surface area contributed by atoms with Crippen LogP contribution in [-0.4, -0.2) is 36.2 Å². The third-order valence-electron chi connectivity index (χ3n) is 2.57. The van der Waals surface area contributed by atoms with E-state index >= 15 is 0 Å². The van der Waals surface area contributed by atoms with Crippen LogP contribution < -0.4 is 10.6 Å². The number of rotatable bonds is 10. The summed E-state index contributed by atoms with van der Waals surface area (Å²) in [4.78, 5) is 14.7. The van der Waals surface area contributed by atoms with Crippen LogP contribution in [0.1, 0.15) is 26.7 Å². The van der Waals surface area contributed by atoms with E-state index in [1.807, 2.05) is 6.92 Å². The molecule has 0 atom stereocenters. The van der Waals surface area contributed by atoms with E-state index in [0.717, 1.165) is 19.4 Å². The molecular weight excluding hydrogens is 260 g/mol. The minimum Gasteiger partial charge on any atom is -0.380 e. The van der Waals surface area contributed by atoms with Gasteiger partial charge in [-0.1, -0.05) is 13.3 Å². The first-order chi connectivity index (χ1) is 9.67. The number of aromatic nitrogens is 1. The molecule has 0 unspecified atom stereocenters. The zero-order valence-corrected chi connectivity index (χ0v) is 12.0. The molecule has 1 heterocycles. The van der Waals surface area contributed by atoms with Crippen molar-refractivity contribution < 1.29 is 9.66 Å². The van der Waals surface area contributed by atoms with Gasteiger partial charge in [-0.2, -0.15) is 0 Å². The van der Waals surface area contributed by atoms with E-state index in [0.29, 0.717) is 31.3 Å². The summed E-state index contributed by atoms with van der Waals surface area (Å²) < 4.78 is 5.41. The Morgan fingerprint density at radius 1 is 1.25 bits per heavy atom. The lowest BCUT2D eigenvalue weighted by Gasteiger charge is -2.09. The van der Waals surface area contributed by atoms with Crippen LogP contribution in [0.15, 0.2) is 12.1 Å². The molecule has 0 aliphatic heterocycles. The van der Waals surface area contributed by atoms with Gasteiger partial charge in [0.2, 0.25) is 0 Å². The number of hydrogen-bond donors (Lipinski definition) is 2. The lowest BCUT2D eigenvalue weighted by atomic mass is 10.3. The van der Waals surface area contributed by atoms with Crippen molar-refractivity contribution in [2.45, 2.75) is 26.7 Å². The minimum absolute atomic E-state index is 0.0188. The predicted molar refractivity (Wildman–Crippen MR) is 79.3 cm³/mol. The molecule has 20 heavy (non-hydrogen) atoms. The van der Waals surface area contributed by atoms with Gasteiger partial charge in [-0.25, -0.2) is 4.98 Å². The van der Waals surface area contributed by atoms with Crippen molar-refractivity contribution in [2.24, 2.45) is 0 Å². The molecule has 0 aliphatic carbocycles. The second kappa shape index (κ2) is 9.08. The molecular formula is C13H22N4O3. The normalized spacial score (nSPS) is 10.3. The minimum atomic E-state index is -0.425. The molecule has 0 aromatic carbocycles. The molecule has 7 nitrogen and oxygen atoms in total. The van der Waals surface area contributed by atoms with Crippen LogP contribution in [0.4, 0.5) is 17.3 Å². The second-order valence-corrected chi connectivity index (χ2v) is 4.28. The third kappa shape index (κ3) is 5.83. The summed E-state index contributed by atoms with van der Waals surface area (Å²) in [6.45, 7) is 6.55. The monoisotopic (exact) mass is 282 g/mol. The molecule has 0 spiro atoms. The van der Waals surface area contributed by atoms with E-state index in [-0.39, 0.29) is 5.69 Å². The molecule has 7 heteroatoms. The van der Waals surface area contributed by atoms with Gasteiger partial charge in [0.05, 0.1) is 23.7 Å². The summed E-state index contributed by atoms with van der Waals surface area (Å²) in [5.41, 5.74) is 0.0188. The van der Waals surface area contributed by atoms with Crippen molar-refractivity contribution in [1.82, 2.24) is 4.98 Å². The van der Waals surface area contributed by atoms with E-state index in [2.05, 4.69) is 22.5 Å². The van der Waals surface area contributed by atoms with Gasteiger partial charge < -0.3 is 15.4 Å². The van der Waals surface area contributed by atoms with Gasteiger partial charge in [-0.3, -0.25) is 10.1 Å². The highest BCUT2D eigenvalue weighted by Crippen LogP contribution is 2.20. The number of nitrogens with zero attached hydrogens (tertiary/aromatic N) is 2. The zero-order chi connectivity index (χ0) is 14.8. The van der Waals surface area contributed by atoms with Gasteiger partial charge >= 0.3 is 0 Å². The van der Waals surface area contributed by atoms with Gasteiger partial charge in [0.15, 0.2) is 0 Å². The number of ether oxygens (including phenoxy) is 1. The van der Waals surface area contributed by atoms with Crippen molar-refractivity contribution in [3.8, 4) is 0 Å². The second-order valence-electron chi connectivity index (χ2n) is 4.28. The molecule has 0 saturated heterocycles. The summed E-state index contributed by atoms with van der Waals surface area (Å²) in [6, 6.07) is 2.85. The summed E-state index contributed by atoms with van der Waals surface area (Å²) in [5, 5.41) is 16.9. The molecule has 0 aliphatic rings. The number of unbranched alkanes of at least 4 members (excludes halogenated alkanes) is 1. The maximum absolute atomic E-state index is 10.9. The van der Waals surface area contributed by atoms with E-state index in [4.69, 9.17) is 4.74 Å². The number of nitrogens with one attached hydrogen (secondary N) is 2. The fourth-order valence-corrected chi connectivity index (χ4v) is 1.58.